The largest absolute Gasteiger partial charge is 0.437 e. The van der Waals surface area contributed by atoms with Crippen LogP contribution in [0.1, 0.15) is 12.5 Å². The highest BCUT2D eigenvalue weighted by molar-refractivity contribution is 5.72. The van der Waals surface area contributed by atoms with Gasteiger partial charge < -0.3 is 15.8 Å². The third-order valence-electron chi connectivity index (χ3n) is 3.34. The van der Waals surface area contributed by atoms with Crippen LogP contribution in [0.15, 0.2) is 55.1 Å². The van der Waals surface area contributed by atoms with Gasteiger partial charge in [0.15, 0.2) is 5.82 Å². The van der Waals surface area contributed by atoms with Crippen LogP contribution >= 0.6 is 0 Å². The molecule has 6 nitrogen and oxygen atoms in total. The molecule has 0 bridgehead atoms. The molecule has 116 valence electrons. The maximum atomic E-state index is 6.11. The van der Waals surface area contributed by atoms with Crippen LogP contribution in [0.3, 0.4) is 0 Å². The SMILES string of the molecule is CCc1ccc(Oc2ncnc(Nc3ccncc3)c2N)cc1. The summed E-state index contributed by atoms with van der Waals surface area (Å²) in [6.07, 6.45) is 5.77. The molecule has 0 fully saturated rings. The number of benzene rings is 1. The van der Waals surface area contributed by atoms with Gasteiger partial charge in [0.25, 0.3) is 0 Å². The molecule has 0 aliphatic rings. The van der Waals surface area contributed by atoms with Gasteiger partial charge in [-0.3, -0.25) is 4.98 Å². The van der Waals surface area contributed by atoms with Crippen molar-refractivity contribution in [3.8, 4) is 11.6 Å². The predicted molar refractivity (Wildman–Crippen MR) is 89.9 cm³/mol. The number of nitrogens with two attached hydrogens (primary N) is 1. The molecule has 0 spiro atoms. The van der Waals surface area contributed by atoms with Crippen LogP contribution in [0.2, 0.25) is 0 Å². The van der Waals surface area contributed by atoms with Crippen molar-refractivity contribution >= 4 is 17.2 Å². The van der Waals surface area contributed by atoms with Crippen molar-refractivity contribution in [2.45, 2.75) is 13.3 Å². The van der Waals surface area contributed by atoms with Gasteiger partial charge in [0.2, 0.25) is 5.88 Å². The van der Waals surface area contributed by atoms with Gasteiger partial charge in [0, 0.05) is 18.1 Å². The average Bonchev–Trinajstić information content (AvgIpc) is 2.60. The van der Waals surface area contributed by atoms with Crippen molar-refractivity contribution in [1.29, 1.82) is 0 Å². The fourth-order valence-electron chi connectivity index (χ4n) is 2.04. The Balaban J connectivity index is 1.81. The summed E-state index contributed by atoms with van der Waals surface area (Å²) < 4.78 is 5.76. The van der Waals surface area contributed by atoms with E-state index in [1.165, 1.54) is 11.9 Å². The number of pyridine rings is 1. The Kier molecular flexibility index (Phi) is 4.33. The van der Waals surface area contributed by atoms with Crippen molar-refractivity contribution in [2.75, 3.05) is 11.1 Å². The smallest absolute Gasteiger partial charge is 0.248 e. The summed E-state index contributed by atoms with van der Waals surface area (Å²) >= 11 is 0. The van der Waals surface area contributed by atoms with E-state index in [1.54, 1.807) is 12.4 Å². The monoisotopic (exact) mass is 307 g/mol. The molecule has 0 saturated heterocycles. The van der Waals surface area contributed by atoms with Crippen LogP contribution < -0.4 is 15.8 Å². The number of aromatic nitrogens is 3. The molecule has 6 heteroatoms. The van der Waals surface area contributed by atoms with Crippen LogP contribution in [0.5, 0.6) is 11.6 Å². The number of rotatable bonds is 5. The summed E-state index contributed by atoms with van der Waals surface area (Å²) in [6, 6.07) is 11.5. The standard InChI is InChI=1S/C17H17N5O/c1-2-12-3-5-14(6-4-12)23-17-15(18)16(20-11-21-17)22-13-7-9-19-10-8-13/h3-11H,2,18H2,1H3,(H,19,20,21,22). The topological polar surface area (TPSA) is 86.0 Å². The highest BCUT2D eigenvalue weighted by Gasteiger charge is 2.10. The van der Waals surface area contributed by atoms with Gasteiger partial charge in [-0.1, -0.05) is 19.1 Å². The van der Waals surface area contributed by atoms with E-state index >= 15 is 0 Å². The van der Waals surface area contributed by atoms with E-state index < -0.39 is 0 Å². The summed E-state index contributed by atoms with van der Waals surface area (Å²) in [7, 11) is 0. The highest BCUT2D eigenvalue weighted by Crippen LogP contribution is 2.30. The second-order valence-electron chi connectivity index (χ2n) is 4.90. The first kappa shape index (κ1) is 14.8. The second kappa shape index (κ2) is 6.74. The Morgan fingerprint density at radius 2 is 1.78 bits per heavy atom. The lowest BCUT2D eigenvalue weighted by molar-refractivity contribution is 0.464. The molecule has 0 unspecified atom stereocenters. The first-order valence-electron chi connectivity index (χ1n) is 7.30. The first-order valence-corrected chi connectivity index (χ1v) is 7.30. The van der Waals surface area contributed by atoms with E-state index in [2.05, 4.69) is 27.2 Å². The Bertz CT molecular complexity index is 775. The summed E-state index contributed by atoms with van der Waals surface area (Å²) in [5.41, 5.74) is 8.54. The van der Waals surface area contributed by atoms with Crippen molar-refractivity contribution in [3.05, 3.63) is 60.7 Å². The van der Waals surface area contributed by atoms with E-state index in [1.807, 2.05) is 36.4 Å². The fraction of sp³-hybridized carbons (Fsp3) is 0.118. The summed E-state index contributed by atoms with van der Waals surface area (Å²) in [5.74, 6) is 1.50. The Hall–Kier alpha value is -3.15. The highest BCUT2D eigenvalue weighted by atomic mass is 16.5. The molecule has 3 aromatic rings. The number of anilines is 3. The van der Waals surface area contributed by atoms with E-state index in [4.69, 9.17) is 10.5 Å². The van der Waals surface area contributed by atoms with Crippen molar-refractivity contribution in [2.24, 2.45) is 0 Å². The van der Waals surface area contributed by atoms with Gasteiger partial charge in [-0.2, -0.15) is 4.98 Å². The normalized spacial score (nSPS) is 10.3. The van der Waals surface area contributed by atoms with Crippen LogP contribution in [-0.2, 0) is 6.42 Å². The van der Waals surface area contributed by atoms with E-state index in [9.17, 15) is 0 Å². The molecule has 2 heterocycles. The van der Waals surface area contributed by atoms with Gasteiger partial charge >= 0.3 is 0 Å². The number of hydrogen-bond acceptors (Lipinski definition) is 6. The zero-order valence-corrected chi connectivity index (χ0v) is 12.7. The molecule has 0 amide bonds. The lowest BCUT2D eigenvalue weighted by Crippen LogP contribution is -2.03. The maximum Gasteiger partial charge on any atom is 0.248 e. The summed E-state index contributed by atoms with van der Waals surface area (Å²) in [6.45, 7) is 2.11. The lowest BCUT2D eigenvalue weighted by atomic mass is 10.2. The Labute approximate surface area is 134 Å². The summed E-state index contributed by atoms with van der Waals surface area (Å²) in [4.78, 5) is 12.2. The van der Waals surface area contributed by atoms with Gasteiger partial charge in [0.05, 0.1) is 0 Å². The van der Waals surface area contributed by atoms with Crippen LogP contribution in [0, 0.1) is 0 Å². The van der Waals surface area contributed by atoms with Crippen LogP contribution in [0.4, 0.5) is 17.2 Å². The summed E-state index contributed by atoms with van der Waals surface area (Å²) in [5, 5.41) is 3.12. The lowest BCUT2D eigenvalue weighted by Gasteiger charge is -2.11. The molecule has 3 rings (SSSR count). The first-order chi connectivity index (χ1) is 11.3. The van der Waals surface area contributed by atoms with Gasteiger partial charge in [-0.05, 0) is 36.2 Å². The minimum Gasteiger partial charge on any atom is -0.437 e. The molecule has 0 aliphatic carbocycles. The van der Waals surface area contributed by atoms with E-state index in [0.717, 1.165) is 12.1 Å². The molecular formula is C17H17N5O. The Morgan fingerprint density at radius 3 is 2.48 bits per heavy atom. The number of ether oxygens (including phenoxy) is 1. The zero-order valence-electron chi connectivity index (χ0n) is 12.7. The van der Waals surface area contributed by atoms with Gasteiger partial charge in [0.1, 0.15) is 17.8 Å². The zero-order chi connectivity index (χ0) is 16.1. The van der Waals surface area contributed by atoms with E-state index in [0.29, 0.717) is 23.1 Å². The average molecular weight is 307 g/mol. The van der Waals surface area contributed by atoms with Gasteiger partial charge in [-0.25, -0.2) is 4.98 Å². The number of nitrogens with one attached hydrogen (secondary N) is 1. The molecular weight excluding hydrogens is 290 g/mol. The number of hydrogen-bond donors (Lipinski definition) is 2. The van der Waals surface area contributed by atoms with Gasteiger partial charge in [-0.15, -0.1) is 0 Å². The molecule has 0 saturated carbocycles. The van der Waals surface area contributed by atoms with Crippen LogP contribution in [0.25, 0.3) is 0 Å². The number of aryl methyl sites for hydroxylation is 1. The van der Waals surface area contributed by atoms with Crippen LogP contribution in [-0.4, -0.2) is 15.0 Å². The minimum absolute atomic E-state index is 0.320. The quantitative estimate of drug-likeness (QED) is 0.749. The second-order valence-corrected chi connectivity index (χ2v) is 4.90. The molecule has 1 aromatic carbocycles. The molecule has 23 heavy (non-hydrogen) atoms. The third-order valence-corrected chi connectivity index (χ3v) is 3.34. The molecule has 0 atom stereocenters. The maximum absolute atomic E-state index is 6.11. The molecule has 0 radical (unpaired) electrons. The number of nitrogens with zero attached hydrogens (tertiary/aromatic N) is 3. The predicted octanol–water partition coefficient (Wildman–Crippen LogP) is 3.55. The molecule has 0 aliphatic heterocycles. The molecule has 3 N–H and O–H groups in total. The van der Waals surface area contributed by atoms with Crippen molar-refractivity contribution < 1.29 is 4.74 Å². The third kappa shape index (κ3) is 3.55. The van der Waals surface area contributed by atoms with E-state index in [-0.39, 0.29) is 0 Å². The van der Waals surface area contributed by atoms with Crippen molar-refractivity contribution in [3.63, 3.8) is 0 Å². The number of nitrogen functional groups attached to an aromatic ring is 1. The van der Waals surface area contributed by atoms with Crippen molar-refractivity contribution in [1.82, 2.24) is 15.0 Å². The Morgan fingerprint density at radius 1 is 1.04 bits per heavy atom. The minimum atomic E-state index is 0.320. The fourth-order valence-corrected chi connectivity index (χ4v) is 2.04. The molecule has 2 aromatic heterocycles.